The third-order valence-corrected chi connectivity index (χ3v) is 3.77. The van der Waals surface area contributed by atoms with Crippen LogP contribution >= 0.6 is 15.9 Å². The minimum atomic E-state index is 0.965. The average molecular weight is 322 g/mol. The van der Waals surface area contributed by atoms with Crippen LogP contribution in [0.5, 0.6) is 0 Å². The third-order valence-electron chi connectivity index (χ3n) is 3.08. The van der Waals surface area contributed by atoms with Crippen molar-refractivity contribution < 1.29 is 0 Å². The van der Waals surface area contributed by atoms with Gasteiger partial charge in [-0.05, 0) is 45.6 Å². The van der Waals surface area contributed by atoms with Crippen LogP contribution in [0.3, 0.4) is 0 Å². The van der Waals surface area contributed by atoms with E-state index in [0.29, 0.717) is 0 Å². The predicted molar refractivity (Wildman–Crippen MR) is 85.7 cm³/mol. The molecule has 1 aromatic carbocycles. The Morgan fingerprint density at radius 3 is 2.79 bits per heavy atom. The molecule has 102 valence electrons. The number of nitrogens with zero attached hydrogens (tertiary/aromatic N) is 2. The molecule has 2 aromatic rings. The standard InChI is InChI=1S/C15H20BrN3/c1-19(2)11-4-3-9-17-15-13-6-5-7-14(16)12(13)8-10-18-15/h5-8,10H,3-4,9,11H2,1-2H3,(H,17,18). The smallest absolute Gasteiger partial charge is 0.133 e. The molecule has 3 nitrogen and oxygen atoms in total. The molecule has 0 saturated heterocycles. The zero-order valence-corrected chi connectivity index (χ0v) is 13.1. The first-order valence-corrected chi connectivity index (χ1v) is 7.39. The highest BCUT2D eigenvalue weighted by Gasteiger charge is 2.03. The number of aromatic nitrogens is 1. The second-order valence-corrected chi connectivity index (χ2v) is 5.79. The summed E-state index contributed by atoms with van der Waals surface area (Å²) in [4.78, 5) is 6.65. The Kier molecular flexibility index (Phi) is 5.16. The monoisotopic (exact) mass is 321 g/mol. The van der Waals surface area contributed by atoms with Crippen LogP contribution in [0, 0.1) is 0 Å². The van der Waals surface area contributed by atoms with Gasteiger partial charge >= 0.3 is 0 Å². The van der Waals surface area contributed by atoms with Gasteiger partial charge in [-0.3, -0.25) is 0 Å². The van der Waals surface area contributed by atoms with Crippen molar-refractivity contribution in [2.45, 2.75) is 12.8 Å². The molecular weight excluding hydrogens is 302 g/mol. The van der Waals surface area contributed by atoms with Crippen LogP contribution in [0.1, 0.15) is 12.8 Å². The van der Waals surface area contributed by atoms with Crippen LogP contribution < -0.4 is 5.32 Å². The second kappa shape index (κ2) is 6.87. The molecule has 0 amide bonds. The molecule has 0 bridgehead atoms. The minimum absolute atomic E-state index is 0.965. The molecule has 0 aliphatic heterocycles. The zero-order chi connectivity index (χ0) is 13.7. The Morgan fingerprint density at radius 2 is 2.00 bits per heavy atom. The summed E-state index contributed by atoms with van der Waals surface area (Å²) in [5.74, 6) is 0.976. The van der Waals surface area contributed by atoms with Crippen LogP contribution in [-0.2, 0) is 0 Å². The van der Waals surface area contributed by atoms with Crippen molar-refractivity contribution in [3.63, 3.8) is 0 Å². The van der Waals surface area contributed by atoms with Crippen LogP contribution in [0.15, 0.2) is 34.9 Å². The zero-order valence-electron chi connectivity index (χ0n) is 11.5. The molecule has 0 aliphatic carbocycles. The largest absolute Gasteiger partial charge is 0.370 e. The van der Waals surface area contributed by atoms with Gasteiger partial charge in [-0.2, -0.15) is 0 Å². The molecule has 0 unspecified atom stereocenters. The number of fused-ring (bicyclic) bond motifs is 1. The molecule has 0 saturated carbocycles. The number of benzene rings is 1. The topological polar surface area (TPSA) is 28.2 Å². The Hall–Kier alpha value is -1.13. The summed E-state index contributed by atoms with van der Waals surface area (Å²) >= 11 is 3.58. The van der Waals surface area contributed by atoms with E-state index < -0.39 is 0 Å². The maximum absolute atomic E-state index is 4.44. The number of nitrogens with one attached hydrogen (secondary N) is 1. The van der Waals surface area contributed by atoms with Crippen molar-refractivity contribution in [1.82, 2.24) is 9.88 Å². The molecule has 0 spiro atoms. The van der Waals surface area contributed by atoms with E-state index in [1.54, 1.807) is 0 Å². The van der Waals surface area contributed by atoms with Gasteiger partial charge in [0.2, 0.25) is 0 Å². The second-order valence-electron chi connectivity index (χ2n) is 4.93. The third kappa shape index (κ3) is 3.91. The first kappa shape index (κ1) is 14.3. The molecule has 4 heteroatoms. The number of halogens is 1. The van der Waals surface area contributed by atoms with Crippen LogP contribution in [-0.4, -0.2) is 37.1 Å². The summed E-state index contributed by atoms with van der Waals surface area (Å²) in [6, 6.07) is 8.25. The number of anilines is 1. The van der Waals surface area contributed by atoms with E-state index in [4.69, 9.17) is 0 Å². The lowest BCUT2D eigenvalue weighted by molar-refractivity contribution is 0.396. The predicted octanol–water partition coefficient (Wildman–Crippen LogP) is 3.75. The van der Waals surface area contributed by atoms with Gasteiger partial charge in [0, 0.05) is 28.0 Å². The SMILES string of the molecule is CN(C)CCCCNc1nccc2c(Br)cccc12. The van der Waals surface area contributed by atoms with E-state index >= 15 is 0 Å². The maximum Gasteiger partial charge on any atom is 0.133 e. The molecule has 1 aromatic heterocycles. The normalized spacial score (nSPS) is 11.2. The summed E-state index contributed by atoms with van der Waals surface area (Å²) in [6.07, 6.45) is 4.22. The fraction of sp³-hybridized carbons (Fsp3) is 0.400. The average Bonchev–Trinajstić information content (AvgIpc) is 2.39. The number of rotatable bonds is 6. The van der Waals surface area contributed by atoms with Crippen molar-refractivity contribution in [1.29, 1.82) is 0 Å². The van der Waals surface area contributed by atoms with E-state index in [1.807, 2.05) is 18.3 Å². The van der Waals surface area contributed by atoms with E-state index in [-0.39, 0.29) is 0 Å². The highest BCUT2D eigenvalue weighted by Crippen LogP contribution is 2.27. The van der Waals surface area contributed by atoms with E-state index in [0.717, 1.165) is 29.8 Å². The van der Waals surface area contributed by atoms with Crippen molar-refractivity contribution in [3.05, 3.63) is 34.9 Å². The van der Waals surface area contributed by atoms with Gasteiger partial charge in [0.15, 0.2) is 0 Å². The molecule has 1 N–H and O–H groups in total. The molecule has 0 aliphatic rings. The van der Waals surface area contributed by atoms with E-state index in [2.05, 4.69) is 57.4 Å². The lowest BCUT2D eigenvalue weighted by Gasteiger charge is -2.11. The summed E-state index contributed by atoms with van der Waals surface area (Å²) in [6.45, 7) is 2.10. The van der Waals surface area contributed by atoms with Crippen LogP contribution in [0.4, 0.5) is 5.82 Å². The fourth-order valence-corrected chi connectivity index (χ4v) is 2.57. The number of hydrogen-bond donors (Lipinski definition) is 1. The molecule has 0 radical (unpaired) electrons. The maximum atomic E-state index is 4.44. The highest BCUT2D eigenvalue weighted by atomic mass is 79.9. The lowest BCUT2D eigenvalue weighted by Crippen LogP contribution is -2.14. The van der Waals surface area contributed by atoms with Gasteiger partial charge in [-0.15, -0.1) is 0 Å². The molecule has 0 fully saturated rings. The summed E-state index contributed by atoms with van der Waals surface area (Å²) in [5.41, 5.74) is 0. The van der Waals surface area contributed by atoms with Crippen molar-refractivity contribution in [2.75, 3.05) is 32.5 Å². The van der Waals surface area contributed by atoms with E-state index in [9.17, 15) is 0 Å². The Bertz CT molecular complexity index is 540. The van der Waals surface area contributed by atoms with Gasteiger partial charge in [-0.25, -0.2) is 4.98 Å². The number of hydrogen-bond acceptors (Lipinski definition) is 3. The number of unbranched alkanes of at least 4 members (excludes halogenated alkanes) is 1. The molecule has 1 heterocycles. The minimum Gasteiger partial charge on any atom is -0.370 e. The van der Waals surface area contributed by atoms with E-state index in [1.165, 1.54) is 17.2 Å². The van der Waals surface area contributed by atoms with Crippen molar-refractivity contribution >= 4 is 32.5 Å². The summed E-state index contributed by atoms with van der Waals surface area (Å²) < 4.78 is 1.11. The first-order chi connectivity index (χ1) is 9.18. The molecular formula is C15H20BrN3. The van der Waals surface area contributed by atoms with Gasteiger partial charge in [0.05, 0.1) is 0 Å². The Balaban J connectivity index is 1.99. The fourth-order valence-electron chi connectivity index (χ4n) is 2.07. The lowest BCUT2D eigenvalue weighted by atomic mass is 10.1. The van der Waals surface area contributed by atoms with Gasteiger partial charge in [0.25, 0.3) is 0 Å². The molecule has 19 heavy (non-hydrogen) atoms. The summed E-state index contributed by atoms with van der Waals surface area (Å²) in [7, 11) is 4.22. The first-order valence-electron chi connectivity index (χ1n) is 6.60. The summed E-state index contributed by atoms with van der Waals surface area (Å²) in [5, 5.41) is 5.81. The number of pyridine rings is 1. The van der Waals surface area contributed by atoms with Crippen molar-refractivity contribution in [2.24, 2.45) is 0 Å². The van der Waals surface area contributed by atoms with Crippen LogP contribution in [0.2, 0.25) is 0 Å². The van der Waals surface area contributed by atoms with Gasteiger partial charge in [-0.1, -0.05) is 28.1 Å². The van der Waals surface area contributed by atoms with Crippen molar-refractivity contribution in [3.8, 4) is 0 Å². The van der Waals surface area contributed by atoms with Gasteiger partial charge < -0.3 is 10.2 Å². The molecule has 0 atom stereocenters. The van der Waals surface area contributed by atoms with Crippen LogP contribution in [0.25, 0.3) is 10.8 Å². The Morgan fingerprint density at radius 1 is 1.16 bits per heavy atom. The molecule has 2 rings (SSSR count). The quantitative estimate of drug-likeness (QED) is 0.821. The highest BCUT2D eigenvalue weighted by molar-refractivity contribution is 9.10. The van der Waals surface area contributed by atoms with Gasteiger partial charge in [0.1, 0.15) is 5.82 Å². The Labute approximate surface area is 123 Å².